The van der Waals surface area contributed by atoms with Gasteiger partial charge in [-0.2, -0.15) is 0 Å². The quantitative estimate of drug-likeness (QED) is 0.363. The Kier molecular flexibility index (Phi) is 7.10. The van der Waals surface area contributed by atoms with E-state index in [1.54, 1.807) is 0 Å². The summed E-state index contributed by atoms with van der Waals surface area (Å²) in [5.74, 6) is 2.51. The van der Waals surface area contributed by atoms with E-state index in [0.29, 0.717) is 41.2 Å². The van der Waals surface area contributed by atoms with E-state index in [1.807, 2.05) is 49.1 Å². The fourth-order valence-corrected chi connectivity index (χ4v) is 5.44. The predicted molar refractivity (Wildman–Crippen MR) is 139 cm³/mol. The molecule has 1 aliphatic heterocycles. The highest BCUT2D eigenvalue weighted by Gasteiger charge is 2.46. The molecule has 1 saturated heterocycles. The molecule has 0 unspecified atom stereocenters. The molecule has 1 N–H and O–H groups in total. The molecule has 1 saturated carbocycles. The number of carbonyl (C=O) groups excluding carboxylic acids is 1. The van der Waals surface area contributed by atoms with E-state index in [0.717, 1.165) is 55.8 Å². The summed E-state index contributed by atoms with van der Waals surface area (Å²) >= 11 is 6.13. The molecule has 0 bridgehead atoms. The van der Waals surface area contributed by atoms with E-state index in [9.17, 15) is 4.79 Å². The van der Waals surface area contributed by atoms with Crippen LogP contribution >= 0.6 is 11.6 Å². The zero-order valence-electron chi connectivity index (χ0n) is 20.8. The predicted octanol–water partition coefficient (Wildman–Crippen LogP) is 6.59. The Hall–Kier alpha value is -3.19. The van der Waals surface area contributed by atoms with Crippen molar-refractivity contribution in [3.05, 3.63) is 70.4 Å². The number of para-hydroxylation sites is 1. The number of benzene rings is 2. The molecular weight excluding hydrogens is 478 g/mol. The number of carbonyl (C=O) groups is 1. The van der Waals surface area contributed by atoms with Crippen LogP contribution in [0.1, 0.15) is 48.4 Å². The fraction of sp³-hybridized carbons (Fsp3) is 0.429. The number of hydrogen-bond acceptors (Lipinski definition) is 5. The van der Waals surface area contributed by atoms with E-state index in [2.05, 4.69) is 28.7 Å². The summed E-state index contributed by atoms with van der Waals surface area (Å²) in [6.45, 7) is 6.17. The summed E-state index contributed by atoms with van der Waals surface area (Å²) in [6, 6.07) is 15.7. The number of amides is 2. The third kappa shape index (κ3) is 5.31. The van der Waals surface area contributed by atoms with Crippen molar-refractivity contribution in [3.63, 3.8) is 0 Å². The van der Waals surface area contributed by atoms with E-state index in [1.165, 1.54) is 5.56 Å². The minimum atomic E-state index is -0.108. The Bertz CT molecular complexity index is 1210. The molecular formula is C28H32ClN3O4. The number of likely N-dealkylation sites (tertiary alicyclic amines) is 1. The Morgan fingerprint density at radius 2 is 1.86 bits per heavy atom. The zero-order valence-corrected chi connectivity index (χ0v) is 21.5. The van der Waals surface area contributed by atoms with Gasteiger partial charge in [0.05, 0.1) is 10.7 Å². The lowest BCUT2D eigenvalue weighted by molar-refractivity contribution is 0.0289. The summed E-state index contributed by atoms with van der Waals surface area (Å²) < 4.78 is 16.9. The Balaban J connectivity index is 1.07. The van der Waals surface area contributed by atoms with E-state index < -0.39 is 0 Å². The van der Waals surface area contributed by atoms with Gasteiger partial charge in [-0.15, -0.1) is 0 Å². The van der Waals surface area contributed by atoms with Gasteiger partial charge in [-0.05, 0) is 80.7 Å². The van der Waals surface area contributed by atoms with Crippen LogP contribution in [0.4, 0.5) is 10.7 Å². The van der Waals surface area contributed by atoms with Crippen molar-refractivity contribution in [2.45, 2.75) is 45.4 Å². The fourth-order valence-electron chi connectivity index (χ4n) is 5.25. The number of nitrogens with zero attached hydrogens (tertiary/aromatic N) is 2. The smallest absolute Gasteiger partial charge is 0.324 e. The molecule has 5 rings (SSSR count). The molecule has 0 atom stereocenters. The number of piperidine rings is 1. The third-order valence-electron chi connectivity index (χ3n) is 7.62. The van der Waals surface area contributed by atoms with Crippen LogP contribution < -0.4 is 14.8 Å². The molecule has 1 aromatic heterocycles. The average molecular weight is 510 g/mol. The van der Waals surface area contributed by atoms with E-state index in [-0.39, 0.29) is 6.03 Å². The lowest BCUT2D eigenvalue weighted by Gasteiger charge is -2.52. The second kappa shape index (κ2) is 10.4. The molecule has 0 radical (unpaired) electrons. The average Bonchev–Trinajstić information content (AvgIpc) is 3.18. The minimum absolute atomic E-state index is 0.108. The molecule has 8 heteroatoms. The maximum absolute atomic E-state index is 12.7. The van der Waals surface area contributed by atoms with Gasteiger partial charge in [0, 0.05) is 18.7 Å². The first-order chi connectivity index (χ1) is 17.4. The van der Waals surface area contributed by atoms with Crippen LogP contribution in [-0.4, -0.2) is 42.4 Å². The third-order valence-corrected chi connectivity index (χ3v) is 7.94. The minimum Gasteiger partial charge on any atom is -0.490 e. The SMILES string of the molecule is Cc1noc(NC(=O)N2CCC3(CC2)CC(c2cccc(OCCOc4ccccc4Cl)c2)C3)c1C. The molecule has 2 fully saturated rings. The number of nitrogens with one attached hydrogen (secondary N) is 1. The maximum atomic E-state index is 12.7. The van der Waals surface area contributed by atoms with Crippen molar-refractivity contribution in [2.75, 3.05) is 31.6 Å². The van der Waals surface area contributed by atoms with Crippen molar-refractivity contribution in [1.29, 1.82) is 0 Å². The highest BCUT2D eigenvalue weighted by atomic mass is 35.5. The van der Waals surface area contributed by atoms with E-state index >= 15 is 0 Å². The van der Waals surface area contributed by atoms with Crippen molar-refractivity contribution >= 4 is 23.5 Å². The van der Waals surface area contributed by atoms with Gasteiger partial charge >= 0.3 is 6.03 Å². The number of rotatable bonds is 7. The Morgan fingerprint density at radius 3 is 2.58 bits per heavy atom. The van der Waals surface area contributed by atoms with Gasteiger partial charge < -0.3 is 18.9 Å². The standard InChI is InChI=1S/C28H32ClN3O4/c1-19-20(2)31-36-26(19)30-27(33)32-12-10-28(11-13-32)17-22(18-28)21-6-5-7-23(16-21)34-14-15-35-25-9-4-3-8-24(25)29/h3-9,16,22H,10-15,17-18H2,1-2H3,(H,30,33). The zero-order chi connectivity index (χ0) is 25.1. The largest absolute Gasteiger partial charge is 0.490 e. The number of urea groups is 1. The van der Waals surface area contributed by atoms with E-state index in [4.69, 9.17) is 25.6 Å². The number of anilines is 1. The molecule has 190 valence electrons. The lowest BCUT2D eigenvalue weighted by atomic mass is 9.56. The maximum Gasteiger partial charge on any atom is 0.324 e. The van der Waals surface area contributed by atoms with Gasteiger partial charge in [-0.25, -0.2) is 4.79 Å². The first kappa shape index (κ1) is 24.5. The van der Waals surface area contributed by atoms with Crippen LogP contribution in [0.25, 0.3) is 0 Å². The number of hydrogen-bond donors (Lipinski definition) is 1. The lowest BCUT2D eigenvalue weighted by Crippen LogP contribution is -2.49. The second-order valence-corrected chi connectivity index (χ2v) is 10.4. The summed E-state index contributed by atoms with van der Waals surface area (Å²) in [6.07, 6.45) is 4.37. The summed E-state index contributed by atoms with van der Waals surface area (Å²) in [7, 11) is 0. The molecule has 2 amide bonds. The summed E-state index contributed by atoms with van der Waals surface area (Å²) in [4.78, 5) is 14.6. The topological polar surface area (TPSA) is 76.8 Å². The van der Waals surface area contributed by atoms with Crippen LogP contribution in [0, 0.1) is 19.3 Å². The first-order valence-electron chi connectivity index (χ1n) is 12.5. The van der Waals surface area contributed by atoms with Crippen LogP contribution in [-0.2, 0) is 0 Å². The van der Waals surface area contributed by atoms with Gasteiger partial charge in [-0.1, -0.05) is 41.0 Å². The number of aryl methyl sites for hydroxylation is 1. The van der Waals surface area contributed by atoms with Gasteiger partial charge in [-0.3, -0.25) is 5.32 Å². The highest BCUT2D eigenvalue weighted by molar-refractivity contribution is 6.32. The molecule has 1 aliphatic carbocycles. The van der Waals surface area contributed by atoms with Gasteiger partial charge in [0.25, 0.3) is 0 Å². The first-order valence-corrected chi connectivity index (χ1v) is 12.9. The number of aromatic nitrogens is 1. The van der Waals surface area contributed by atoms with Crippen molar-refractivity contribution < 1.29 is 18.8 Å². The Morgan fingerprint density at radius 1 is 1.11 bits per heavy atom. The van der Waals surface area contributed by atoms with Crippen molar-refractivity contribution in [1.82, 2.24) is 10.1 Å². The van der Waals surface area contributed by atoms with Crippen LogP contribution in [0.15, 0.2) is 53.1 Å². The molecule has 2 aliphatic rings. The number of halogens is 1. The van der Waals surface area contributed by atoms with Crippen LogP contribution in [0.5, 0.6) is 11.5 Å². The van der Waals surface area contributed by atoms with Crippen LogP contribution in [0.2, 0.25) is 5.02 Å². The van der Waals surface area contributed by atoms with Crippen molar-refractivity contribution in [2.24, 2.45) is 5.41 Å². The van der Waals surface area contributed by atoms with Crippen LogP contribution in [0.3, 0.4) is 0 Å². The monoisotopic (exact) mass is 509 g/mol. The molecule has 2 heterocycles. The molecule has 1 spiro atoms. The normalized spacial score (nSPS) is 17.0. The Labute approximate surface area is 216 Å². The highest BCUT2D eigenvalue weighted by Crippen LogP contribution is 2.56. The van der Waals surface area contributed by atoms with Gasteiger partial charge in [0.15, 0.2) is 0 Å². The molecule has 36 heavy (non-hydrogen) atoms. The summed E-state index contributed by atoms with van der Waals surface area (Å²) in [5.41, 5.74) is 3.32. The second-order valence-electron chi connectivity index (χ2n) is 9.94. The molecule has 2 aromatic carbocycles. The van der Waals surface area contributed by atoms with Crippen molar-refractivity contribution in [3.8, 4) is 11.5 Å². The number of ether oxygens (including phenoxy) is 2. The van der Waals surface area contributed by atoms with Gasteiger partial charge in [0.2, 0.25) is 5.88 Å². The molecule has 7 nitrogen and oxygen atoms in total. The molecule has 3 aromatic rings. The summed E-state index contributed by atoms with van der Waals surface area (Å²) in [5, 5.41) is 7.38. The van der Waals surface area contributed by atoms with Gasteiger partial charge in [0.1, 0.15) is 24.7 Å².